The van der Waals surface area contributed by atoms with Gasteiger partial charge in [0.2, 0.25) is 5.91 Å². The third-order valence-electron chi connectivity index (χ3n) is 2.95. The molecule has 0 heterocycles. The van der Waals surface area contributed by atoms with Crippen LogP contribution in [0.2, 0.25) is 0 Å². The molecule has 0 spiro atoms. The van der Waals surface area contributed by atoms with Crippen molar-refractivity contribution in [3.05, 3.63) is 30.3 Å². The molecule has 1 unspecified atom stereocenters. The predicted octanol–water partition coefficient (Wildman–Crippen LogP) is 1.89. The number of alkyl halides is 3. The maximum absolute atomic E-state index is 12.3. The first-order valence-electron chi connectivity index (χ1n) is 6.54. The number of rotatable bonds is 6. The minimum Gasteiger partial charge on any atom is -0.382 e. The van der Waals surface area contributed by atoms with Crippen molar-refractivity contribution in [2.75, 3.05) is 31.6 Å². The van der Waals surface area contributed by atoms with Crippen molar-refractivity contribution >= 4 is 11.6 Å². The molecule has 1 N–H and O–H groups in total. The topological polar surface area (TPSA) is 43.8 Å². The molecule has 21 heavy (non-hydrogen) atoms. The number of aliphatic hydroxyl groups excluding tert-OH is 1. The number of aliphatic hydroxyl groups is 1. The number of hydrogen-bond donors (Lipinski definition) is 1. The van der Waals surface area contributed by atoms with Gasteiger partial charge < -0.3 is 10.0 Å². The minimum atomic E-state index is -4.68. The summed E-state index contributed by atoms with van der Waals surface area (Å²) < 4.78 is 36.8. The van der Waals surface area contributed by atoms with Crippen LogP contribution in [0.4, 0.5) is 18.9 Å². The molecule has 0 saturated carbocycles. The molecule has 1 aromatic rings. The molecule has 1 aromatic carbocycles. The maximum atomic E-state index is 12.3. The Hall–Kier alpha value is -1.60. The Labute approximate surface area is 121 Å². The maximum Gasteiger partial charge on any atom is 0.415 e. The van der Waals surface area contributed by atoms with Crippen LogP contribution in [0.5, 0.6) is 0 Å². The van der Waals surface area contributed by atoms with Gasteiger partial charge in [-0.05, 0) is 26.1 Å². The first-order chi connectivity index (χ1) is 9.75. The number of nitrogens with zero attached hydrogens (tertiary/aromatic N) is 2. The second-order valence-electron chi connectivity index (χ2n) is 4.73. The first kappa shape index (κ1) is 17.5. The molecule has 118 valence electrons. The Morgan fingerprint density at radius 1 is 1.29 bits per heavy atom. The van der Waals surface area contributed by atoms with Gasteiger partial charge in [0.15, 0.2) is 6.10 Å². The van der Waals surface area contributed by atoms with E-state index in [1.165, 1.54) is 11.9 Å². The highest BCUT2D eigenvalue weighted by Crippen LogP contribution is 2.20. The van der Waals surface area contributed by atoms with Crippen molar-refractivity contribution in [1.82, 2.24) is 4.90 Å². The van der Waals surface area contributed by atoms with Gasteiger partial charge in [-0.3, -0.25) is 9.69 Å². The van der Waals surface area contributed by atoms with Crippen LogP contribution in [0.15, 0.2) is 30.3 Å². The van der Waals surface area contributed by atoms with Crippen LogP contribution in [0.3, 0.4) is 0 Å². The van der Waals surface area contributed by atoms with Gasteiger partial charge >= 0.3 is 6.18 Å². The fourth-order valence-electron chi connectivity index (χ4n) is 1.89. The molecule has 1 atom stereocenters. The van der Waals surface area contributed by atoms with Gasteiger partial charge in [0.1, 0.15) is 0 Å². The van der Waals surface area contributed by atoms with E-state index in [-0.39, 0.29) is 12.5 Å². The van der Waals surface area contributed by atoms with Crippen molar-refractivity contribution in [1.29, 1.82) is 0 Å². The van der Waals surface area contributed by atoms with Crippen LogP contribution in [0.25, 0.3) is 0 Å². The van der Waals surface area contributed by atoms with Gasteiger partial charge in [-0.15, -0.1) is 0 Å². The van der Waals surface area contributed by atoms with Gasteiger partial charge in [0, 0.05) is 18.8 Å². The first-order valence-corrected chi connectivity index (χ1v) is 6.54. The van der Waals surface area contributed by atoms with Crippen molar-refractivity contribution < 1.29 is 23.1 Å². The molecule has 0 fully saturated rings. The second-order valence-corrected chi connectivity index (χ2v) is 4.73. The Balaban J connectivity index is 2.63. The fraction of sp³-hybridized carbons (Fsp3) is 0.500. The number of likely N-dealkylation sites (N-methyl/N-ethyl adjacent to an activating group) is 2. The summed E-state index contributed by atoms with van der Waals surface area (Å²) in [4.78, 5) is 14.8. The number of halogens is 3. The van der Waals surface area contributed by atoms with Crippen LogP contribution in [-0.4, -0.2) is 54.9 Å². The lowest BCUT2D eigenvalue weighted by Crippen LogP contribution is -2.44. The van der Waals surface area contributed by atoms with Gasteiger partial charge in [-0.2, -0.15) is 13.2 Å². The smallest absolute Gasteiger partial charge is 0.382 e. The summed E-state index contributed by atoms with van der Waals surface area (Å²) in [6.07, 6.45) is -7.14. The summed E-state index contributed by atoms with van der Waals surface area (Å²) in [5, 5.41) is 8.99. The summed E-state index contributed by atoms with van der Waals surface area (Å²) in [5.74, 6) is -0.319. The van der Waals surface area contributed by atoms with E-state index in [1.54, 1.807) is 31.2 Å². The highest BCUT2D eigenvalue weighted by Gasteiger charge is 2.38. The van der Waals surface area contributed by atoms with Crippen molar-refractivity contribution in [2.45, 2.75) is 19.2 Å². The largest absolute Gasteiger partial charge is 0.415 e. The molecule has 0 aliphatic carbocycles. The molecule has 0 aromatic heterocycles. The van der Waals surface area contributed by atoms with Gasteiger partial charge in [0.05, 0.1) is 6.54 Å². The quantitative estimate of drug-likeness (QED) is 0.873. The van der Waals surface area contributed by atoms with Gasteiger partial charge in [0.25, 0.3) is 0 Å². The normalized spacial score (nSPS) is 13.3. The third-order valence-corrected chi connectivity index (χ3v) is 2.95. The fourth-order valence-corrected chi connectivity index (χ4v) is 1.89. The Kier molecular flexibility index (Phi) is 6.17. The summed E-state index contributed by atoms with van der Waals surface area (Å²) in [7, 11) is 1.37. The molecule has 1 amide bonds. The van der Waals surface area contributed by atoms with Crippen molar-refractivity contribution in [2.24, 2.45) is 0 Å². The summed E-state index contributed by atoms with van der Waals surface area (Å²) in [6.45, 7) is 1.37. The van der Waals surface area contributed by atoms with E-state index < -0.39 is 18.8 Å². The van der Waals surface area contributed by atoms with Crippen LogP contribution in [0, 0.1) is 0 Å². The van der Waals surface area contributed by atoms with E-state index in [0.29, 0.717) is 12.2 Å². The molecule has 0 radical (unpaired) electrons. The summed E-state index contributed by atoms with van der Waals surface area (Å²) >= 11 is 0. The SMILES string of the molecule is CCN(C(=O)CN(C)CC(O)C(F)(F)F)c1ccccc1. The van der Waals surface area contributed by atoms with Crippen LogP contribution in [-0.2, 0) is 4.79 Å². The zero-order valence-electron chi connectivity index (χ0n) is 12.0. The molecular weight excluding hydrogens is 285 g/mol. The lowest BCUT2D eigenvalue weighted by Gasteiger charge is -2.26. The van der Waals surface area contributed by atoms with E-state index in [9.17, 15) is 18.0 Å². The summed E-state index contributed by atoms with van der Waals surface area (Å²) in [6, 6.07) is 8.89. The lowest BCUT2D eigenvalue weighted by atomic mass is 10.2. The van der Waals surface area contributed by atoms with E-state index in [1.807, 2.05) is 6.07 Å². The Bertz CT molecular complexity index is 451. The molecule has 4 nitrogen and oxygen atoms in total. The molecular formula is C14H19F3N2O2. The minimum absolute atomic E-state index is 0.199. The predicted molar refractivity (Wildman–Crippen MR) is 74.0 cm³/mol. The van der Waals surface area contributed by atoms with Crippen LogP contribution >= 0.6 is 0 Å². The summed E-state index contributed by atoms with van der Waals surface area (Å²) in [5.41, 5.74) is 0.690. The number of benzene rings is 1. The molecule has 0 aliphatic heterocycles. The van der Waals surface area contributed by atoms with Crippen LogP contribution in [0.1, 0.15) is 6.92 Å². The van der Waals surface area contributed by atoms with Crippen LogP contribution < -0.4 is 4.90 Å². The standard InChI is InChI=1S/C14H19F3N2O2/c1-3-19(11-7-5-4-6-8-11)13(21)10-18(2)9-12(20)14(15,16)17/h4-8,12,20H,3,9-10H2,1-2H3. The lowest BCUT2D eigenvalue weighted by molar-refractivity contribution is -0.207. The third kappa shape index (κ3) is 5.35. The monoisotopic (exact) mass is 304 g/mol. The highest BCUT2D eigenvalue weighted by atomic mass is 19.4. The number of carbonyl (C=O) groups excluding carboxylic acids is 1. The Morgan fingerprint density at radius 2 is 1.86 bits per heavy atom. The van der Waals surface area contributed by atoms with Crippen molar-refractivity contribution in [3.8, 4) is 0 Å². The Morgan fingerprint density at radius 3 is 2.33 bits per heavy atom. The number of para-hydroxylation sites is 1. The number of carbonyl (C=O) groups is 1. The molecule has 0 bridgehead atoms. The van der Waals surface area contributed by atoms with E-state index in [0.717, 1.165) is 4.90 Å². The highest BCUT2D eigenvalue weighted by molar-refractivity contribution is 5.94. The molecule has 1 rings (SSSR count). The zero-order chi connectivity index (χ0) is 16.0. The van der Waals surface area contributed by atoms with Gasteiger partial charge in [-0.1, -0.05) is 18.2 Å². The van der Waals surface area contributed by atoms with Gasteiger partial charge in [-0.25, -0.2) is 0 Å². The number of amides is 1. The second kappa shape index (κ2) is 7.42. The average Bonchev–Trinajstić information content (AvgIpc) is 2.39. The average molecular weight is 304 g/mol. The molecule has 0 saturated heterocycles. The van der Waals surface area contributed by atoms with Crippen molar-refractivity contribution in [3.63, 3.8) is 0 Å². The van der Waals surface area contributed by atoms with E-state index >= 15 is 0 Å². The molecule has 7 heteroatoms. The van der Waals surface area contributed by atoms with E-state index in [2.05, 4.69) is 0 Å². The van der Waals surface area contributed by atoms with E-state index in [4.69, 9.17) is 5.11 Å². The zero-order valence-corrected chi connectivity index (χ0v) is 12.0. The number of anilines is 1. The molecule has 0 aliphatic rings. The number of hydrogen-bond acceptors (Lipinski definition) is 3.